The van der Waals surface area contributed by atoms with Gasteiger partial charge in [-0.15, -0.1) is 0 Å². The van der Waals surface area contributed by atoms with Crippen LogP contribution in [0.25, 0.3) is 11.3 Å². The summed E-state index contributed by atoms with van der Waals surface area (Å²) in [6, 6.07) is 19.7. The number of benzene rings is 2. The normalized spacial score (nSPS) is 11.3. The Balaban J connectivity index is 1.97. The van der Waals surface area contributed by atoms with E-state index in [0.29, 0.717) is 28.8 Å². The topological polar surface area (TPSA) is 56.3 Å². The Morgan fingerprint density at radius 3 is 2.48 bits per heavy atom. The van der Waals surface area contributed by atoms with E-state index in [9.17, 15) is 8.42 Å². The van der Waals surface area contributed by atoms with Crippen molar-refractivity contribution in [1.29, 1.82) is 0 Å². The summed E-state index contributed by atoms with van der Waals surface area (Å²) in [5.74, 6) is 0.541. The fourth-order valence-electron chi connectivity index (χ4n) is 2.36. The van der Waals surface area contributed by atoms with Crippen LogP contribution in [0.2, 0.25) is 5.15 Å². The number of hydrogen-bond donors (Lipinski definition) is 0. The van der Waals surface area contributed by atoms with E-state index in [0.717, 1.165) is 5.56 Å². The standard InChI is InChI=1S/C19H16ClNO3S/c1-25(22,23)16-9-5-8-15(12-16)19-17(10-11-18(20)21-19)24-13-14-6-3-2-4-7-14/h2-12H,13H2,1H3. The number of rotatable bonds is 5. The average molecular weight is 374 g/mol. The predicted molar refractivity (Wildman–Crippen MR) is 98.6 cm³/mol. The summed E-state index contributed by atoms with van der Waals surface area (Å²) in [5, 5.41) is 0.312. The number of pyridine rings is 1. The van der Waals surface area contributed by atoms with Gasteiger partial charge in [-0.3, -0.25) is 0 Å². The van der Waals surface area contributed by atoms with Gasteiger partial charge in [-0.25, -0.2) is 13.4 Å². The lowest BCUT2D eigenvalue weighted by atomic mass is 10.1. The number of aromatic nitrogens is 1. The second kappa shape index (κ2) is 7.25. The molecule has 4 nitrogen and oxygen atoms in total. The smallest absolute Gasteiger partial charge is 0.175 e. The third kappa shape index (κ3) is 4.38. The second-order valence-electron chi connectivity index (χ2n) is 5.55. The van der Waals surface area contributed by atoms with Gasteiger partial charge in [0.15, 0.2) is 9.84 Å². The van der Waals surface area contributed by atoms with E-state index in [2.05, 4.69) is 4.98 Å². The van der Waals surface area contributed by atoms with Crippen LogP contribution in [-0.2, 0) is 16.4 Å². The Labute approximate surface area is 152 Å². The first-order valence-electron chi connectivity index (χ1n) is 7.57. The van der Waals surface area contributed by atoms with Crippen molar-refractivity contribution in [2.45, 2.75) is 11.5 Å². The van der Waals surface area contributed by atoms with Crippen molar-refractivity contribution in [1.82, 2.24) is 4.98 Å². The van der Waals surface area contributed by atoms with Gasteiger partial charge < -0.3 is 4.74 Å². The van der Waals surface area contributed by atoms with Gasteiger partial charge in [0.2, 0.25) is 0 Å². The van der Waals surface area contributed by atoms with Gasteiger partial charge >= 0.3 is 0 Å². The summed E-state index contributed by atoms with van der Waals surface area (Å²) < 4.78 is 29.5. The molecule has 0 unspecified atom stereocenters. The molecule has 0 N–H and O–H groups in total. The third-order valence-electron chi connectivity index (χ3n) is 3.60. The molecule has 0 fully saturated rings. The van der Waals surface area contributed by atoms with Gasteiger partial charge in [0, 0.05) is 11.8 Å². The molecule has 2 aromatic carbocycles. The molecule has 0 aliphatic heterocycles. The first-order chi connectivity index (χ1) is 11.9. The van der Waals surface area contributed by atoms with Crippen molar-refractivity contribution in [2.75, 3.05) is 6.26 Å². The summed E-state index contributed by atoms with van der Waals surface area (Å²) in [6.45, 7) is 0.378. The van der Waals surface area contributed by atoms with Crippen LogP contribution in [0.3, 0.4) is 0 Å². The van der Waals surface area contributed by atoms with Crippen molar-refractivity contribution >= 4 is 21.4 Å². The maximum atomic E-state index is 11.8. The lowest BCUT2D eigenvalue weighted by molar-refractivity contribution is 0.306. The monoisotopic (exact) mass is 373 g/mol. The first-order valence-corrected chi connectivity index (χ1v) is 9.84. The highest BCUT2D eigenvalue weighted by Gasteiger charge is 2.13. The fraction of sp³-hybridized carbons (Fsp3) is 0.105. The number of hydrogen-bond acceptors (Lipinski definition) is 4. The first kappa shape index (κ1) is 17.5. The summed E-state index contributed by atoms with van der Waals surface area (Å²) >= 11 is 6.03. The minimum Gasteiger partial charge on any atom is -0.487 e. The molecule has 128 valence electrons. The van der Waals surface area contributed by atoms with E-state index >= 15 is 0 Å². The van der Waals surface area contributed by atoms with E-state index in [1.807, 2.05) is 30.3 Å². The molecule has 0 bridgehead atoms. The molecule has 0 saturated heterocycles. The Morgan fingerprint density at radius 2 is 1.76 bits per heavy atom. The molecule has 3 aromatic rings. The van der Waals surface area contributed by atoms with Crippen LogP contribution in [0.15, 0.2) is 71.6 Å². The number of halogens is 1. The van der Waals surface area contributed by atoms with E-state index < -0.39 is 9.84 Å². The lowest BCUT2D eigenvalue weighted by Crippen LogP contribution is -2.00. The van der Waals surface area contributed by atoms with Crippen LogP contribution < -0.4 is 4.74 Å². The molecule has 0 radical (unpaired) electrons. The number of sulfone groups is 1. The van der Waals surface area contributed by atoms with Crippen LogP contribution in [0.4, 0.5) is 0 Å². The molecule has 0 spiro atoms. The maximum Gasteiger partial charge on any atom is 0.175 e. The van der Waals surface area contributed by atoms with Crippen LogP contribution in [0.1, 0.15) is 5.56 Å². The van der Waals surface area contributed by atoms with Crippen molar-refractivity contribution in [3.8, 4) is 17.0 Å². The van der Waals surface area contributed by atoms with Crippen LogP contribution >= 0.6 is 11.6 Å². The summed E-state index contributed by atoms with van der Waals surface area (Å²) in [4.78, 5) is 4.55. The van der Waals surface area contributed by atoms with Crippen LogP contribution in [0.5, 0.6) is 5.75 Å². The molecule has 3 rings (SSSR count). The van der Waals surface area contributed by atoms with Crippen LogP contribution in [0, 0.1) is 0 Å². The van der Waals surface area contributed by atoms with Crippen molar-refractivity contribution in [3.05, 3.63) is 77.4 Å². The minimum atomic E-state index is -3.31. The molecular weight excluding hydrogens is 358 g/mol. The molecule has 0 saturated carbocycles. The molecular formula is C19H16ClNO3S. The van der Waals surface area contributed by atoms with Crippen molar-refractivity contribution in [3.63, 3.8) is 0 Å². The van der Waals surface area contributed by atoms with Gasteiger partial charge in [0.1, 0.15) is 23.2 Å². The Kier molecular flexibility index (Phi) is 5.06. The highest BCUT2D eigenvalue weighted by molar-refractivity contribution is 7.90. The van der Waals surface area contributed by atoms with E-state index in [4.69, 9.17) is 16.3 Å². The van der Waals surface area contributed by atoms with Gasteiger partial charge in [-0.05, 0) is 29.8 Å². The molecule has 1 heterocycles. The van der Waals surface area contributed by atoms with Crippen molar-refractivity contribution < 1.29 is 13.2 Å². The molecule has 0 aliphatic carbocycles. The Hall–Kier alpha value is -2.37. The molecule has 0 aliphatic rings. The van der Waals surface area contributed by atoms with E-state index in [1.54, 1.807) is 36.4 Å². The van der Waals surface area contributed by atoms with Gasteiger partial charge in [0.05, 0.1) is 4.90 Å². The largest absolute Gasteiger partial charge is 0.487 e. The predicted octanol–water partition coefficient (Wildman–Crippen LogP) is 4.38. The Bertz CT molecular complexity index is 989. The Morgan fingerprint density at radius 1 is 1.00 bits per heavy atom. The highest BCUT2D eigenvalue weighted by Crippen LogP contribution is 2.31. The number of ether oxygens (including phenoxy) is 1. The fourth-order valence-corrected chi connectivity index (χ4v) is 3.17. The zero-order valence-electron chi connectivity index (χ0n) is 13.5. The summed E-state index contributed by atoms with van der Waals surface area (Å²) in [7, 11) is -3.31. The molecule has 0 amide bonds. The quantitative estimate of drug-likeness (QED) is 0.622. The minimum absolute atomic E-state index is 0.223. The molecule has 1 aromatic heterocycles. The highest BCUT2D eigenvalue weighted by atomic mass is 35.5. The SMILES string of the molecule is CS(=O)(=O)c1cccc(-c2nc(Cl)ccc2OCc2ccccc2)c1. The van der Waals surface area contributed by atoms with E-state index in [-0.39, 0.29) is 4.90 Å². The zero-order chi connectivity index (χ0) is 17.9. The third-order valence-corrected chi connectivity index (χ3v) is 4.92. The van der Waals surface area contributed by atoms with Gasteiger partial charge in [0.25, 0.3) is 0 Å². The zero-order valence-corrected chi connectivity index (χ0v) is 15.1. The average Bonchev–Trinajstić information content (AvgIpc) is 2.61. The van der Waals surface area contributed by atoms with Crippen molar-refractivity contribution in [2.24, 2.45) is 0 Å². The van der Waals surface area contributed by atoms with Crippen LogP contribution in [-0.4, -0.2) is 19.7 Å². The molecule has 0 atom stereocenters. The van der Waals surface area contributed by atoms with E-state index in [1.165, 1.54) is 6.26 Å². The second-order valence-corrected chi connectivity index (χ2v) is 7.96. The maximum absolute atomic E-state index is 11.8. The van der Waals surface area contributed by atoms with Gasteiger partial charge in [-0.1, -0.05) is 54.1 Å². The summed E-state index contributed by atoms with van der Waals surface area (Å²) in [6.07, 6.45) is 1.17. The lowest BCUT2D eigenvalue weighted by Gasteiger charge is -2.12. The van der Waals surface area contributed by atoms with Gasteiger partial charge in [-0.2, -0.15) is 0 Å². The molecule has 25 heavy (non-hydrogen) atoms. The number of nitrogens with zero attached hydrogens (tertiary/aromatic N) is 1. The summed E-state index contributed by atoms with van der Waals surface area (Å²) in [5.41, 5.74) is 2.16. The molecule has 6 heteroatoms.